The quantitative estimate of drug-likeness (QED) is 0.874. The van der Waals surface area contributed by atoms with Gasteiger partial charge in [0.15, 0.2) is 0 Å². The van der Waals surface area contributed by atoms with Crippen LogP contribution in [0.3, 0.4) is 0 Å². The van der Waals surface area contributed by atoms with Gasteiger partial charge in [0.05, 0.1) is 7.11 Å². The van der Waals surface area contributed by atoms with Gasteiger partial charge in [-0.05, 0) is 49.3 Å². The molecule has 2 heterocycles. The smallest absolute Gasteiger partial charge is 0.326 e. The Morgan fingerprint density at radius 3 is 2.44 bits per heavy atom. The summed E-state index contributed by atoms with van der Waals surface area (Å²) in [5.74, 6) is -0.617. The van der Waals surface area contributed by atoms with Crippen molar-refractivity contribution in [1.29, 1.82) is 0 Å². The highest BCUT2D eigenvalue weighted by Gasteiger charge is 2.50. The summed E-state index contributed by atoms with van der Waals surface area (Å²) in [5, 5.41) is 9.70. The van der Waals surface area contributed by atoms with Gasteiger partial charge in [-0.2, -0.15) is 0 Å². The van der Waals surface area contributed by atoms with E-state index in [4.69, 9.17) is 4.74 Å². The van der Waals surface area contributed by atoms with Gasteiger partial charge in [0, 0.05) is 32.1 Å². The predicted octanol–water partition coefficient (Wildman–Crippen LogP) is 1.93. The fourth-order valence-electron chi connectivity index (χ4n) is 4.27. The number of carboxylic acids is 1. The molecule has 2 fully saturated rings. The number of likely N-dealkylation sites (tertiary alicyclic amines) is 2. The number of hydrogen-bond donors (Lipinski definition) is 1. The van der Waals surface area contributed by atoms with Crippen LogP contribution in [0.4, 0.5) is 0 Å². The molecule has 0 aliphatic carbocycles. The minimum Gasteiger partial charge on any atom is -0.496 e. The zero-order valence-corrected chi connectivity index (χ0v) is 16.0. The first-order valence-electron chi connectivity index (χ1n) is 9.20. The van der Waals surface area contributed by atoms with E-state index in [0.717, 1.165) is 18.4 Å². The standard InChI is InChI=1S/C20H26N2O5/c1-13-4-5-15(10-17(13)27-3)18(24)22-12-20(11-16(22)19(25)26)6-8-21(9-7-20)14(2)23/h4-5,10,16H,6-9,11-12H2,1-3H3,(H,25,26)/t16-/m0/s1. The lowest BCUT2D eigenvalue weighted by molar-refractivity contribution is -0.141. The summed E-state index contributed by atoms with van der Waals surface area (Å²) in [7, 11) is 1.55. The first kappa shape index (κ1) is 19.2. The van der Waals surface area contributed by atoms with Gasteiger partial charge in [0.2, 0.25) is 5.91 Å². The first-order valence-corrected chi connectivity index (χ1v) is 9.20. The van der Waals surface area contributed by atoms with Crippen LogP contribution < -0.4 is 4.74 Å². The van der Waals surface area contributed by atoms with Gasteiger partial charge in [-0.25, -0.2) is 4.79 Å². The number of hydrogen-bond acceptors (Lipinski definition) is 4. The van der Waals surface area contributed by atoms with E-state index in [1.807, 2.05) is 6.92 Å². The Hall–Kier alpha value is -2.57. The molecule has 1 N–H and O–H groups in total. The van der Waals surface area contributed by atoms with Crippen molar-refractivity contribution < 1.29 is 24.2 Å². The number of aryl methyl sites for hydroxylation is 1. The Bertz CT molecular complexity index is 768. The maximum Gasteiger partial charge on any atom is 0.326 e. The molecule has 2 saturated heterocycles. The number of carbonyl (C=O) groups is 3. The normalized spacial score (nSPS) is 21.4. The summed E-state index contributed by atoms with van der Waals surface area (Å²) in [6, 6.07) is 4.34. The Morgan fingerprint density at radius 1 is 1.22 bits per heavy atom. The van der Waals surface area contributed by atoms with Gasteiger partial charge >= 0.3 is 5.97 Å². The van der Waals surface area contributed by atoms with E-state index in [1.54, 1.807) is 37.1 Å². The number of aliphatic carboxylic acids is 1. The van der Waals surface area contributed by atoms with Crippen molar-refractivity contribution >= 4 is 17.8 Å². The van der Waals surface area contributed by atoms with E-state index in [9.17, 15) is 19.5 Å². The van der Waals surface area contributed by atoms with Crippen molar-refractivity contribution in [2.24, 2.45) is 5.41 Å². The number of piperidine rings is 1. The second kappa shape index (κ2) is 7.21. The van der Waals surface area contributed by atoms with Crippen LogP contribution in [0.1, 0.15) is 42.1 Å². The zero-order chi connectivity index (χ0) is 19.8. The highest BCUT2D eigenvalue weighted by Crippen LogP contribution is 2.44. The van der Waals surface area contributed by atoms with E-state index in [2.05, 4.69) is 0 Å². The number of ether oxygens (including phenoxy) is 1. The lowest BCUT2D eigenvalue weighted by atomic mass is 9.76. The first-order chi connectivity index (χ1) is 12.8. The average molecular weight is 374 g/mol. The van der Waals surface area contributed by atoms with Crippen molar-refractivity contribution in [2.45, 2.75) is 39.2 Å². The van der Waals surface area contributed by atoms with Crippen LogP contribution in [-0.4, -0.2) is 65.5 Å². The third kappa shape index (κ3) is 3.63. The number of amides is 2. The molecule has 2 aliphatic rings. The van der Waals surface area contributed by atoms with Crippen LogP contribution in [0.15, 0.2) is 18.2 Å². The van der Waals surface area contributed by atoms with Crippen LogP contribution in [0.5, 0.6) is 5.75 Å². The molecule has 0 radical (unpaired) electrons. The third-order valence-electron chi connectivity index (χ3n) is 5.98. The average Bonchev–Trinajstić information content (AvgIpc) is 3.01. The van der Waals surface area contributed by atoms with Crippen molar-refractivity contribution in [3.05, 3.63) is 29.3 Å². The molecule has 2 amide bonds. The van der Waals surface area contributed by atoms with Crippen LogP contribution in [-0.2, 0) is 9.59 Å². The highest BCUT2D eigenvalue weighted by molar-refractivity contribution is 5.97. The van der Waals surface area contributed by atoms with Crippen LogP contribution in [0.2, 0.25) is 0 Å². The summed E-state index contributed by atoms with van der Waals surface area (Å²) >= 11 is 0. The van der Waals surface area contributed by atoms with E-state index >= 15 is 0 Å². The van der Waals surface area contributed by atoms with Gasteiger partial charge in [0.25, 0.3) is 5.91 Å². The number of methoxy groups -OCH3 is 1. The molecule has 1 aromatic rings. The van der Waals surface area contributed by atoms with Gasteiger partial charge in [-0.1, -0.05) is 6.07 Å². The highest BCUT2D eigenvalue weighted by atomic mass is 16.5. The van der Waals surface area contributed by atoms with Gasteiger partial charge in [0.1, 0.15) is 11.8 Å². The molecule has 0 bridgehead atoms. The summed E-state index contributed by atoms with van der Waals surface area (Å²) in [6.07, 6.45) is 1.87. The summed E-state index contributed by atoms with van der Waals surface area (Å²) in [4.78, 5) is 39.8. The second-order valence-corrected chi connectivity index (χ2v) is 7.68. The van der Waals surface area contributed by atoms with Gasteiger partial charge < -0.3 is 19.6 Å². The molecule has 0 aromatic heterocycles. The molecule has 3 rings (SSSR count). The second-order valence-electron chi connectivity index (χ2n) is 7.68. The summed E-state index contributed by atoms with van der Waals surface area (Å²) in [5.41, 5.74) is 1.11. The maximum absolute atomic E-state index is 13.1. The topological polar surface area (TPSA) is 87.2 Å². The number of nitrogens with zero attached hydrogens (tertiary/aromatic N) is 2. The molecule has 7 nitrogen and oxygen atoms in total. The minimum atomic E-state index is -0.978. The van der Waals surface area contributed by atoms with Crippen LogP contribution in [0.25, 0.3) is 0 Å². The molecule has 1 spiro atoms. The predicted molar refractivity (Wildman–Crippen MR) is 98.7 cm³/mol. The zero-order valence-electron chi connectivity index (χ0n) is 16.0. The molecule has 146 valence electrons. The van der Waals surface area contributed by atoms with Crippen molar-refractivity contribution in [1.82, 2.24) is 9.80 Å². The van der Waals surface area contributed by atoms with Crippen molar-refractivity contribution in [3.63, 3.8) is 0 Å². The Morgan fingerprint density at radius 2 is 1.89 bits per heavy atom. The molecular weight excluding hydrogens is 348 g/mol. The molecule has 1 aromatic carbocycles. The fourth-order valence-corrected chi connectivity index (χ4v) is 4.27. The van der Waals surface area contributed by atoms with Gasteiger partial charge in [-0.15, -0.1) is 0 Å². The molecule has 1 atom stereocenters. The van der Waals surface area contributed by atoms with E-state index in [-0.39, 0.29) is 17.2 Å². The van der Waals surface area contributed by atoms with E-state index < -0.39 is 12.0 Å². The number of rotatable bonds is 3. The van der Waals surface area contributed by atoms with Crippen molar-refractivity contribution in [3.8, 4) is 5.75 Å². The maximum atomic E-state index is 13.1. The number of carboxylic acid groups (broad SMARTS) is 1. The Labute approximate surface area is 158 Å². The monoisotopic (exact) mass is 374 g/mol. The van der Waals surface area contributed by atoms with Crippen molar-refractivity contribution in [2.75, 3.05) is 26.7 Å². The molecule has 7 heteroatoms. The van der Waals surface area contributed by atoms with E-state index in [1.165, 1.54) is 4.90 Å². The summed E-state index contributed by atoms with van der Waals surface area (Å²) in [6.45, 7) is 5.07. The Kier molecular flexibility index (Phi) is 5.13. The lowest BCUT2D eigenvalue weighted by Crippen LogP contribution is -2.44. The minimum absolute atomic E-state index is 0.0392. The number of carbonyl (C=O) groups excluding carboxylic acids is 2. The third-order valence-corrected chi connectivity index (χ3v) is 5.98. The Balaban J connectivity index is 1.83. The fraction of sp³-hybridized carbons (Fsp3) is 0.550. The van der Waals surface area contributed by atoms with E-state index in [0.29, 0.717) is 37.4 Å². The molecule has 0 saturated carbocycles. The SMILES string of the molecule is COc1cc(C(=O)N2CC3(CCN(C(C)=O)CC3)C[C@H]2C(=O)O)ccc1C. The molecular formula is C20H26N2O5. The van der Waals surface area contributed by atoms with Crippen LogP contribution in [0, 0.1) is 12.3 Å². The molecule has 2 aliphatic heterocycles. The van der Waals surface area contributed by atoms with Crippen LogP contribution >= 0.6 is 0 Å². The lowest BCUT2D eigenvalue weighted by Gasteiger charge is -2.38. The molecule has 27 heavy (non-hydrogen) atoms. The number of benzene rings is 1. The largest absolute Gasteiger partial charge is 0.496 e. The molecule has 0 unspecified atom stereocenters. The summed E-state index contributed by atoms with van der Waals surface area (Å²) < 4.78 is 5.29. The van der Waals surface area contributed by atoms with Gasteiger partial charge in [-0.3, -0.25) is 9.59 Å².